The van der Waals surface area contributed by atoms with Crippen LogP contribution in [0, 0.1) is 5.92 Å². The van der Waals surface area contributed by atoms with E-state index < -0.39 is 5.97 Å². The van der Waals surface area contributed by atoms with Crippen LogP contribution in [-0.2, 0) is 4.79 Å². The summed E-state index contributed by atoms with van der Waals surface area (Å²) in [5, 5.41) is 12.5. The highest BCUT2D eigenvalue weighted by molar-refractivity contribution is 5.94. The fourth-order valence-corrected chi connectivity index (χ4v) is 2.49. The average molecular weight is 247 g/mol. The fourth-order valence-electron chi connectivity index (χ4n) is 2.49. The normalized spacial score (nSPS) is 23.6. The molecule has 0 radical (unpaired) electrons. The summed E-state index contributed by atoms with van der Waals surface area (Å²) in [5.41, 5.74) is 1.57. The first-order chi connectivity index (χ1) is 8.59. The number of carbonyl (C=O) groups is 2. The Kier molecular flexibility index (Phi) is 3.77. The summed E-state index contributed by atoms with van der Waals surface area (Å²) >= 11 is 0. The maximum absolute atomic E-state index is 11.4. The third-order valence-electron chi connectivity index (χ3n) is 3.52. The molecule has 1 aliphatic heterocycles. The van der Waals surface area contributed by atoms with Crippen LogP contribution in [0.4, 0.5) is 0 Å². The molecule has 2 rings (SSSR count). The number of ketones is 1. The first-order valence-electron chi connectivity index (χ1n) is 6.14. The van der Waals surface area contributed by atoms with Gasteiger partial charge in [0.15, 0.2) is 5.78 Å². The van der Waals surface area contributed by atoms with Gasteiger partial charge in [0.05, 0.1) is 5.92 Å². The molecule has 1 aromatic rings. The van der Waals surface area contributed by atoms with Gasteiger partial charge in [-0.1, -0.05) is 18.2 Å². The van der Waals surface area contributed by atoms with Crippen LogP contribution >= 0.6 is 0 Å². The molecule has 1 fully saturated rings. The smallest absolute Gasteiger partial charge is 0.307 e. The minimum atomic E-state index is -0.755. The SMILES string of the molecule is CC(=O)c1cccc(C2CNCCC2C(=O)O)c1. The Balaban J connectivity index is 2.30. The van der Waals surface area contributed by atoms with Gasteiger partial charge < -0.3 is 10.4 Å². The standard InChI is InChI=1S/C14H17NO3/c1-9(16)10-3-2-4-11(7-10)13-8-15-6-5-12(13)14(17)18/h2-4,7,12-13,15H,5-6,8H2,1H3,(H,17,18). The molecule has 0 bridgehead atoms. The number of Topliss-reactive ketones (excluding diaryl/α,β-unsaturated/α-hetero) is 1. The number of carbonyl (C=O) groups excluding carboxylic acids is 1. The third-order valence-corrected chi connectivity index (χ3v) is 3.52. The number of hydrogen-bond acceptors (Lipinski definition) is 3. The van der Waals surface area contributed by atoms with Gasteiger partial charge in [0.1, 0.15) is 0 Å². The first kappa shape index (κ1) is 12.8. The lowest BCUT2D eigenvalue weighted by Gasteiger charge is -2.29. The number of rotatable bonds is 3. The lowest BCUT2D eigenvalue weighted by atomic mass is 9.81. The topological polar surface area (TPSA) is 66.4 Å². The zero-order valence-corrected chi connectivity index (χ0v) is 10.3. The average Bonchev–Trinajstić information content (AvgIpc) is 2.39. The van der Waals surface area contributed by atoms with Gasteiger partial charge in [-0.05, 0) is 31.5 Å². The van der Waals surface area contributed by atoms with Crippen LogP contribution in [0.25, 0.3) is 0 Å². The van der Waals surface area contributed by atoms with Gasteiger partial charge in [-0.25, -0.2) is 0 Å². The summed E-state index contributed by atoms with van der Waals surface area (Å²) in [6.45, 7) is 2.91. The first-order valence-corrected chi connectivity index (χ1v) is 6.14. The summed E-state index contributed by atoms with van der Waals surface area (Å²) < 4.78 is 0. The fraction of sp³-hybridized carbons (Fsp3) is 0.429. The molecule has 4 nitrogen and oxygen atoms in total. The van der Waals surface area contributed by atoms with Crippen molar-refractivity contribution in [2.45, 2.75) is 19.3 Å². The van der Waals surface area contributed by atoms with Crippen molar-refractivity contribution in [3.8, 4) is 0 Å². The zero-order chi connectivity index (χ0) is 13.1. The summed E-state index contributed by atoms with van der Waals surface area (Å²) in [4.78, 5) is 22.6. The van der Waals surface area contributed by atoms with E-state index in [-0.39, 0.29) is 17.6 Å². The number of hydrogen-bond donors (Lipinski definition) is 2. The number of carboxylic acid groups (broad SMARTS) is 1. The predicted molar refractivity (Wildman–Crippen MR) is 67.8 cm³/mol. The number of piperidine rings is 1. The monoisotopic (exact) mass is 247 g/mol. The van der Waals surface area contributed by atoms with E-state index in [1.165, 1.54) is 6.92 Å². The second-order valence-corrected chi connectivity index (χ2v) is 4.73. The molecule has 0 amide bonds. The third kappa shape index (κ3) is 2.59. The Bertz CT molecular complexity index is 470. The highest BCUT2D eigenvalue weighted by atomic mass is 16.4. The molecule has 1 aromatic carbocycles. The molecule has 2 unspecified atom stereocenters. The van der Waals surface area contributed by atoms with Crippen molar-refractivity contribution in [3.63, 3.8) is 0 Å². The van der Waals surface area contributed by atoms with Crippen molar-refractivity contribution in [1.82, 2.24) is 5.32 Å². The van der Waals surface area contributed by atoms with Crippen molar-refractivity contribution in [3.05, 3.63) is 35.4 Å². The predicted octanol–water partition coefficient (Wildman–Crippen LogP) is 1.67. The van der Waals surface area contributed by atoms with Crippen LogP contribution in [0.5, 0.6) is 0 Å². The molecular formula is C14H17NO3. The number of nitrogens with one attached hydrogen (secondary N) is 1. The largest absolute Gasteiger partial charge is 0.481 e. The lowest BCUT2D eigenvalue weighted by molar-refractivity contribution is -0.143. The van der Waals surface area contributed by atoms with Crippen molar-refractivity contribution >= 4 is 11.8 Å². The Morgan fingerprint density at radius 3 is 2.83 bits per heavy atom. The van der Waals surface area contributed by atoms with Crippen LogP contribution in [0.2, 0.25) is 0 Å². The van der Waals surface area contributed by atoms with Crippen LogP contribution in [-0.4, -0.2) is 29.9 Å². The minimum Gasteiger partial charge on any atom is -0.481 e. The zero-order valence-electron chi connectivity index (χ0n) is 10.3. The van der Waals surface area contributed by atoms with Gasteiger partial charge in [-0.15, -0.1) is 0 Å². The molecule has 0 saturated carbocycles. The van der Waals surface area contributed by atoms with Crippen LogP contribution in [0.15, 0.2) is 24.3 Å². The van der Waals surface area contributed by atoms with E-state index in [4.69, 9.17) is 0 Å². The van der Waals surface area contributed by atoms with Crippen LogP contribution in [0.1, 0.15) is 35.2 Å². The van der Waals surface area contributed by atoms with E-state index in [0.717, 1.165) is 12.1 Å². The van der Waals surface area contributed by atoms with Crippen LogP contribution < -0.4 is 5.32 Å². The summed E-state index contributed by atoms with van der Waals surface area (Å²) in [6.07, 6.45) is 0.629. The quantitative estimate of drug-likeness (QED) is 0.797. The van der Waals surface area contributed by atoms with E-state index in [1.54, 1.807) is 6.07 Å². The number of carboxylic acids is 1. The van der Waals surface area contributed by atoms with Gasteiger partial charge in [0, 0.05) is 18.0 Å². The summed E-state index contributed by atoms with van der Waals surface area (Å²) in [5.74, 6) is -1.17. The van der Waals surface area contributed by atoms with E-state index in [2.05, 4.69) is 5.32 Å². The second kappa shape index (κ2) is 5.31. The molecule has 2 N–H and O–H groups in total. The molecule has 1 aliphatic rings. The van der Waals surface area contributed by atoms with E-state index >= 15 is 0 Å². The van der Waals surface area contributed by atoms with E-state index in [9.17, 15) is 14.7 Å². The van der Waals surface area contributed by atoms with Crippen LogP contribution in [0.3, 0.4) is 0 Å². The van der Waals surface area contributed by atoms with Gasteiger partial charge >= 0.3 is 5.97 Å². The minimum absolute atomic E-state index is 0.00694. The molecule has 4 heteroatoms. The maximum Gasteiger partial charge on any atom is 0.307 e. The molecule has 1 saturated heterocycles. The second-order valence-electron chi connectivity index (χ2n) is 4.73. The summed E-state index contributed by atoms with van der Waals surface area (Å²) in [7, 11) is 0. The van der Waals surface area contributed by atoms with Gasteiger partial charge in [0.2, 0.25) is 0 Å². The molecule has 0 aliphatic carbocycles. The van der Waals surface area contributed by atoms with Crippen molar-refractivity contribution in [2.75, 3.05) is 13.1 Å². The van der Waals surface area contributed by atoms with Crippen molar-refractivity contribution in [1.29, 1.82) is 0 Å². The molecule has 18 heavy (non-hydrogen) atoms. The number of aliphatic carboxylic acids is 1. The lowest BCUT2D eigenvalue weighted by Crippen LogP contribution is -2.38. The summed E-state index contributed by atoms with van der Waals surface area (Å²) in [6, 6.07) is 7.30. The van der Waals surface area contributed by atoms with Gasteiger partial charge in [-0.3, -0.25) is 9.59 Å². The van der Waals surface area contributed by atoms with E-state index in [0.29, 0.717) is 18.5 Å². The Morgan fingerprint density at radius 1 is 1.39 bits per heavy atom. The molecule has 96 valence electrons. The van der Waals surface area contributed by atoms with E-state index in [1.807, 2.05) is 18.2 Å². The highest BCUT2D eigenvalue weighted by Crippen LogP contribution is 2.30. The molecule has 2 atom stereocenters. The molecular weight excluding hydrogens is 230 g/mol. The molecule has 0 spiro atoms. The molecule has 1 heterocycles. The Labute approximate surface area is 106 Å². The number of benzene rings is 1. The Morgan fingerprint density at radius 2 is 2.17 bits per heavy atom. The van der Waals surface area contributed by atoms with Gasteiger partial charge in [-0.2, -0.15) is 0 Å². The molecule has 0 aromatic heterocycles. The van der Waals surface area contributed by atoms with Gasteiger partial charge in [0.25, 0.3) is 0 Å². The van der Waals surface area contributed by atoms with Crippen molar-refractivity contribution < 1.29 is 14.7 Å². The Hall–Kier alpha value is -1.68. The highest BCUT2D eigenvalue weighted by Gasteiger charge is 2.31. The van der Waals surface area contributed by atoms with Crippen molar-refractivity contribution in [2.24, 2.45) is 5.92 Å². The maximum atomic E-state index is 11.4.